The lowest BCUT2D eigenvalue weighted by atomic mass is 10.2. The highest BCUT2D eigenvalue weighted by atomic mass is 127. The van der Waals surface area contributed by atoms with Crippen molar-refractivity contribution in [3.8, 4) is 0 Å². The summed E-state index contributed by atoms with van der Waals surface area (Å²) in [7, 11) is 0. The van der Waals surface area contributed by atoms with E-state index >= 15 is 0 Å². The second-order valence-corrected chi connectivity index (χ2v) is 5.78. The molecular formula is C14H16ClIN4. The molecule has 0 aliphatic carbocycles. The molecule has 2 N–H and O–H groups in total. The Morgan fingerprint density at radius 2 is 1.95 bits per heavy atom. The summed E-state index contributed by atoms with van der Waals surface area (Å²) >= 11 is 8.23. The molecule has 0 amide bonds. The molecule has 1 aromatic carbocycles. The van der Waals surface area contributed by atoms with Crippen LogP contribution in [-0.2, 0) is 6.42 Å². The fourth-order valence-corrected chi connectivity index (χ4v) is 2.90. The summed E-state index contributed by atoms with van der Waals surface area (Å²) in [6.07, 6.45) is 2.43. The molecule has 2 aromatic rings. The Labute approximate surface area is 137 Å². The number of halogens is 2. The molecule has 1 heterocycles. The molecule has 0 fully saturated rings. The summed E-state index contributed by atoms with van der Waals surface area (Å²) in [5.74, 6) is 1.72. The summed E-state index contributed by atoms with van der Waals surface area (Å²) < 4.78 is 1.06. The largest absolute Gasteiger partial charge is 0.370 e. The van der Waals surface area contributed by atoms with Gasteiger partial charge in [0.1, 0.15) is 18.0 Å². The van der Waals surface area contributed by atoms with Crippen molar-refractivity contribution in [1.29, 1.82) is 0 Å². The number of benzene rings is 1. The molecule has 0 atom stereocenters. The maximum absolute atomic E-state index is 5.98. The van der Waals surface area contributed by atoms with E-state index in [4.69, 9.17) is 11.6 Å². The zero-order valence-electron chi connectivity index (χ0n) is 11.4. The van der Waals surface area contributed by atoms with Gasteiger partial charge in [0.2, 0.25) is 0 Å². The highest BCUT2D eigenvalue weighted by Crippen LogP contribution is 2.28. The van der Waals surface area contributed by atoms with Gasteiger partial charge >= 0.3 is 0 Å². The van der Waals surface area contributed by atoms with Gasteiger partial charge in [-0.2, -0.15) is 0 Å². The lowest BCUT2D eigenvalue weighted by molar-refractivity contribution is 1.03. The minimum atomic E-state index is 0.728. The predicted molar refractivity (Wildman–Crippen MR) is 93.0 cm³/mol. The number of nitrogens with one attached hydrogen (secondary N) is 2. The molecule has 1 aromatic heterocycles. The Balaban J connectivity index is 2.35. The average molecular weight is 403 g/mol. The molecule has 0 unspecified atom stereocenters. The fraction of sp³-hybridized carbons (Fsp3) is 0.286. The second-order valence-electron chi connectivity index (χ2n) is 4.18. The molecule has 0 saturated carbocycles. The SMILES string of the molecule is CCNc1ncnc(Nc2ccc(Cl)cc2I)c1CC. The number of aromatic nitrogens is 2. The average Bonchev–Trinajstić information content (AvgIpc) is 2.42. The Hall–Kier alpha value is -1.08. The first-order valence-electron chi connectivity index (χ1n) is 6.45. The van der Waals surface area contributed by atoms with Crippen molar-refractivity contribution >= 4 is 51.5 Å². The first kappa shape index (κ1) is 15.3. The molecule has 4 nitrogen and oxygen atoms in total. The van der Waals surface area contributed by atoms with E-state index in [0.29, 0.717) is 0 Å². The van der Waals surface area contributed by atoms with Crippen molar-refractivity contribution in [2.45, 2.75) is 20.3 Å². The summed E-state index contributed by atoms with van der Waals surface area (Å²) in [4.78, 5) is 8.65. The van der Waals surface area contributed by atoms with Crippen molar-refractivity contribution in [1.82, 2.24) is 9.97 Å². The minimum Gasteiger partial charge on any atom is -0.370 e. The van der Waals surface area contributed by atoms with Crippen LogP contribution in [0, 0.1) is 3.57 Å². The molecule has 106 valence electrons. The smallest absolute Gasteiger partial charge is 0.139 e. The van der Waals surface area contributed by atoms with Crippen LogP contribution in [0.15, 0.2) is 24.5 Å². The number of hydrogen-bond acceptors (Lipinski definition) is 4. The van der Waals surface area contributed by atoms with Crippen LogP contribution in [0.2, 0.25) is 5.02 Å². The molecule has 2 rings (SSSR count). The Morgan fingerprint density at radius 3 is 2.60 bits per heavy atom. The van der Waals surface area contributed by atoms with Gasteiger partial charge in [-0.15, -0.1) is 0 Å². The van der Waals surface area contributed by atoms with Crippen molar-refractivity contribution in [2.24, 2.45) is 0 Å². The first-order valence-corrected chi connectivity index (χ1v) is 7.91. The molecule has 0 saturated heterocycles. The van der Waals surface area contributed by atoms with Crippen LogP contribution in [0.5, 0.6) is 0 Å². The zero-order valence-corrected chi connectivity index (χ0v) is 14.3. The molecular weight excluding hydrogens is 387 g/mol. The number of anilines is 3. The maximum Gasteiger partial charge on any atom is 0.139 e. The topological polar surface area (TPSA) is 49.8 Å². The van der Waals surface area contributed by atoms with Crippen LogP contribution >= 0.6 is 34.2 Å². The number of hydrogen-bond donors (Lipinski definition) is 2. The van der Waals surface area contributed by atoms with Gasteiger partial charge in [-0.05, 0) is 54.1 Å². The van der Waals surface area contributed by atoms with Gasteiger partial charge in [0.05, 0.1) is 5.69 Å². The van der Waals surface area contributed by atoms with Crippen LogP contribution < -0.4 is 10.6 Å². The van der Waals surface area contributed by atoms with Gasteiger partial charge in [-0.25, -0.2) is 9.97 Å². The molecule has 0 spiro atoms. The summed E-state index contributed by atoms with van der Waals surface area (Å²) in [6, 6.07) is 5.74. The van der Waals surface area contributed by atoms with Crippen LogP contribution in [0.25, 0.3) is 0 Å². The third kappa shape index (κ3) is 3.52. The lowest BCUT2D eigenvalue weighted by Gasteiger charge is -2.14. The van der Waals surface area contributed by atoms with Crippen molar-refractivity contribution in [3.63, 3.8) is 0 Å². The van der Waals surface area contributed by atoms with Gasteiger partial charge in [-0.3, -0.25) is 0 Å². The molecule has 0 bridgehead atoms. The van der Waals surface area contributed by atoms with Gasteiger partial charge in [-0.1, -0.05) is 18.5 Å². The van der Waals surface area contributed by atoms with Gasteiger partial charge in [0.15, 0.2) is 0 Å². The van der Waals surface area contributed by atoms with E-state index in [9.17, 15) is 0 Å². The van der Waals surface area contributed by atoms with Gasteiger partial charge in [0, 0.05) is 20.7 Å². The lowest BCUT2D eigenvalue weighted by Crippen LogP contribution is -2.07. The van der Waals surface area contributed by atoms with E-state index in [1.54, 1.807) is 6.33 Å². The highest BCUT2D eigenvalue weighted by molar-refractivity contribution is 14.1. The van der Waals surface area contributed by atoms with E-state index in [0.717, 1.165) is 44.4 Å². The predicted octanol–water partition coefficient (Wildman–Crippen LogP) is 4.47. The Bertz CT molecular complexity index is 604. The molecule has 0 radical (unpaired) electrons. The molecule has 6 heteroatoms. The van der Waals surface area contributed by atoms with E-state index in [2.05, 4.69) is 57.0 Å². The van der Waals surface area contributed by atoms with Gasteiger partial charge in [0.25, 0.3) is 0 Å². The van der Waals surface area contributed by atoms with Crippen molar-refractivity contribution in [2.75, 3.05) is 17.2 Å². The first-order chi connectivity index (χ1) is 9.65. The van der Waals surface area contributed by atoms with E-state index in [-0.39, 0.29) is 0 Å². The number of nitrogens with zero attached hydrogens (tertiary/aromatic N) is 2. The van der Waals surface area contributed by atoms with Crippen LogP contribution in [0.1, 0.15) is 19.4 Å². The normalized spacial score (nSPS) is 10.4. The molecule has 20 heavy (non-hydrogen) atoms. The standard InChI is InChI=1S/C14H16ClIN4/c1-3-10-13(17-4-2)18-8-19-14(10)20-12-6-5-9(15)7-11(12)16/h5-8H,3-4H2,1-2H3,(H2,17,18,19,20). The van der Waals surface area contributed by atoms with E-state index < -0.39 is 0 Å². The zero-order chi connectivity index (χ0) is 14.5. The molecule has 0 aliphatic heterocycles. The fourth-order valence-electron chi connectivity index (χ4n) is 1.89. The van der Waals surface area contributed by atoms with Crippen molar-refractivity contribution in [3.05, 3.63) is 38.7 Å². The third-order valence-electron chi connectivity index (χ3n) is 2.83. The number of rotatable bonds is 5. The Kier molecular flexibility index (Phi) is 5.42. The monoisotopic (exact) mass is 402 g/mol. The van der Waals surface area contributed by atoms with Gasteiger partial charge < -0.3 is 10.6 Å². The van der Waals surface area contributed by atoms with Crippen LogP contribution in [0.4, 0.5) is 17.3 Å². The highest BCUT2D eigenvalue weighted by Gasteiger charge is 2.10. The molecule has 0 aliphatic rings. The van der Waals surface area contributed by atoms with Crippen LogP contribution in [-0.4, -0.2) is 16.5 Å². The quantitative estimate of drug-likeness (QED) is 0.724. The van der Waals surface area contributed by atoms with E-state index in [1.165, 1.54) is 0 Å². The Morgan fingerprint density at radius 1 is 1.20 bits per heavy atom. The van der Waals surface area contributed by atoms with Crippen molar-refractivity contribution < 1.29 is 0 Å². The summed E-state index contributed by atoms with van der Waals surface area (Å²) in [5, 5.41) is 7.35. The summed E-state index contributed by atoms with van der Waals surface area (Å²) in [5.41, 5.74) is 2.07. The van der Waals surface area contributed by atoms with Crippen LogP contribution in [0.3, 0.4) is 0 Å². The third-order valence-corrected chi connectivity index (χ3v) is 3.95. The maximum atomic E-state index is 5.98. The summed E-state index contributed by atoms with van der Waals surface area (Å²) in [6.45, 7) is 4.98. The minimum absolute atomic E-state index is 0.728. The van der Waals surface area contributed by atoms with E-state index in [1.807, 2.05) is 18.2 Å². The second kappa shape index (κ2) is 7.08.